The quantitative estimate of drug-likeness (QED) is 0.396. The van der Waals surface area contributed by atoms with E-state index in [0.717, 1.165) is 0 Å². The van der Waals surface area contributed by atoms with Gasteiger partial charge < -0.3 is 11.2 Å². The summed E-state index contributed by atoms with van der Waals surface area (Å²) >= 11 is 5.47. The zero-order chi connectivity index (χ0) is 7.56. The van der Waals surface area contributed by atoms with E-state index in [4.69, 9.17) is 23.2 Å². The van der Waals surface area contributed by atoms with Crippen LogP contribution in [0.5, 0.6) is 0 Å². The summed E-state index contributed by atoms with van der Waals surface area (Å²) in [6.45, 7) is 0. The molecule has 0 amide bonds. The molecule has 0 aromatic carbocycles. The van der Waals surface area contributed by atoms with Crippen molar-refractivity contribution in [3.05, 3.63) is 11.2 Å². The number of nitrogens with one attached hydrogen (secondary N) is 1. The van der Waals surface area contributed by atoms with Crippen LogP contribution in [0.25, 0.3) is 0 Å². The van der Waals surface area contributed by atoms with Crippen LogP contribution >= 0.6 is 11.6 Å². The van der Waals surface area contributed by atoms with Gasteiger partial charge in [-0.25, -0.2) is 5.84 Å². The lowest BCUT2D eigenvalue weighted by Gasteiger charge is -1.98. The first-order valence-electron chi connectivity index (χ1n) is 2.49. The van der Waals surface area contributed by atoms with Crippen molar-refractivity contribution in [2.45, 2.75) is 0 Å². The molecule has 0 bridgehead atoms. The molecule has 5 N–H and O–H groups in total. The van der Waals surface area contributed by atoms with Crippen molar-refractivity contribution >= 4 is 23.1 Å². The van der Waals surface area contributed by atoms with E-state index >= 15 is 0 Å². The Labute approximate surface area is 62.3 Å². The third-order valence-electron chi connectivity index (χ3n) is 0.924. The van der Waals surface area contributed by atoms with Crippen molar-refractivity contribution in [1.29, 1.82) is 0 Å². The lowest BCUT2D eigenvalue weighted by atomic mass is 10.5. The molecule has 10 heavy (non-hydrogen) atoms. The summed E-state index contributed by atoms with van der Waals surface area (Å²) < 4.78 is 0. The molecular formula is C4H6ClN5. The Morgan fingerprint density at radius 2 is 2.20 bits per heavy atom. The molecule has 0 aliphatic carbocycles. The molecule has 0 aliphatic heterocycles. The van der Waals surface area contributed by atoms with E-state index in [9.17, 15) is 0 Å². The molecule has 0 radical (unpaired) electrons. The second-order valence-corrected chi connectivity index (χ2v) is 1.98. The number of nitrogen functional groups attached to an aromatic ring is 2. The second-order valence-electron chi connectivity index (χ2n) is 1.62. The third kappa shape index (κ3) is 1.26. The van der Waals surface area contributed by atoms with Crippen LogP contribution in [0.15, 0.2) is 6.07 Å². The number of halogens is 1. The molecular weight excluding hydrogens is 154 g/mol. The van der Waals surface area contributed by atoms with E-state index in [1.165, 1.54) is 6.07 Å². The summed E-state index contributed by atoms with van der Waals surface area (Å²) in [5.74, 6) is 5.41. The second kappa shape index (κ2) is 2.68. The zero-order valence-corrected chi connectivity index (χ0v) is 5.76. The maximum atomic E-state index is 5.47. The molecule has 5 nitrogen and oxygen atoms in total. The van der Waals surface area contributed by atoms with Gasteiger partial charge in [0.25, 0.3) is 0 Å². The Morgan fingerprint density at radius 1 is 1.50 bits per heavy atom. The van der Waals surface area contributed by atoms with Gasteiger partial charge in [0.05, 0.1) is 5.69 Å². The Balaban J connectivity index is 3.04. The first-order valence-corrected chi connectivity index (χ1v) is 2.87. The summed E-state index contributed by atoms with van der Waals surface area (Å²) in [4.78, 5) is 0. The Bertz CT molecular complexity index is 237. The van der Waals surface area contributed by atoms with Crippen LogP contribution in [0, 0.1) is 0 Å². The fraction of sp³-hybridized carbons (Fsp3) is 0. The lowest BCUT2D eigenvalue weighted by molar-refractivity contribution is 1.02. The van der Waals surface area contributed by atoms with Crippen LogP contribution in [-0.2, 0) is 0 Å². The van der Waals surface area contributed by atoms with Gasteiger partial charge in [0.1, 0.15) is 0 Å². The average molecular weight is 160 g/mol. The first kappa shape index (κ1) is 7.04. The number of anilines is 2. The van der Waals surface area contributed by atoms with Crippen LogP contribution in [0.2, 0.25) is 5.15 Å². The molecule has 1 aromatic rings. The summed E-state index contributed by atoms with van der Waals surface area (Å²) in [6, 6.07) is 1.50. The van der Waals surface area contributed by atoms with E-state index in [2.05, 4.69) is 15.6 Å². The van der Waals surface area contributed by atoms with Crippen molar-refractivity contribution in [2.75, 3.05) is 11.2 Å². The number of hydrogen-bond donors (Lipinski definition) is 3. The number of hydrogen-bond acceptors (Lipinski definition) is 5. The van der Waals surface area contributed by atoms with Crippen LogP contribution in [-0.4, -0.2) is 10.2 Å². The van der Waals surface area contributed by atoms with Gasteiger partial charge >= 0.3 is 0 Å². The number of aromatic nitrogens is 2. The molecule has 0 unspecified atom stereocenters. The van der Waals surface area contributed by atoms with Gasteiger partial charge in [-0.1, -0.05) is 11.6 Å². The Morgan fingerprint density at radius 3 is 2.70 bits per heavy atom. The van der Waals surface area contributed by atoms with Crippen LogP contribution in [0.4, 0.5) is 11.5 Å². The largest absolute Gasteiger partial charge is 0.396 e. The molecule has 0 aliphatic rings. The van der Waals surface area contributed by atoms with Crippen molar-refractivity contribution in [3.8, 4) is 0 Å². The molecule has 0 fully saturated rings. The van der Waals surface area contributed by atoms with Crippen LogP contribution in [0.3, 0.4) is 0 Å². The SMILES string of the molecule is NNc1cc(N)c(Cl)nn1. The van der Waals surface area contributed by atoms with Crippen molar-refractivity contribution in [1.82, 2.24) is 10.2 Å². The standard InChI is InChI=1S/C4H6ClN5/c5-4-2(6)1-3(8-7)9-10-4/h1H,7H2,(H3,6,8,9). The minimum atomic E-state index is 0.180. The highest BCUT2D eigenvalue weighted by Crippen LogP contribution is 2.15. The molecule has 6 heteroatoms. The molecule has 0 saturated heterocycles. The van der Waals surface area contributed by atoms with E-state index < -0.39 is 0 Å². The summed E-state index contributed by atoms with van der Waals surface area (Å²) in [7, 11) is 0. The molecule has 1 aromatic heterocycles. The van der Waals surface area contributed by atoms with Gasteiger partial charge in [0.2, 0.25) is 0 Å². The van der Waals surface area contributed by atoms with Gasteiger partial charge in [-0.05, 0) is 0 Å². The molecule has 0 saturated carbocycles. The maximum absolute atomic E-state index is 5.47. The van der Waals surface area contributed by atoms with Crippen LogP contribution < -0.4 is 17.0 Å². The van der Waals surface area contributed by atoms with Crippen molar-refractivity contribution in [3.63, 3.8) is 0 Å². The topological polar surface area (TPSA) is 89.8 Å². The molecule has 0 spiro atoms. The summed E-state index contributed by atoms with van der Waals surface area (Å²) in [5.41, 5.74) is 8.00. The van der Waals surface area contributed by atoms with Gasteiger partial charge in [-0.3, -0.25) is 0 Å². The van der Waals surface area contributed by atoms with Gasteiger partial charge in [0, 0.05) is 6.07 Å². The smallest absolute Gasteiger partial charge is 0.174 e. The van der Waals surface area contributed by atoms with E-state index in [-0.39, 0.29) is 5.15 Å². The minimum Gasteiger partial charge on any atom is -0.396 e. The summed E-state index contributed by atoms with van der Waals surface area (Å²) in [6.07, 6.45) is 0. The number of hydrazine groups is 1. The lowest BCUT2D eigenvalue weighted by Crippen LogP contribution is -2.09. The van der Waals surface area contributed by atoms with Crippen molar-refractivity contribution in [2.24, 2.45) is 5.84 Å². The first-order chi connectivity index (χ1) is 4.74. The molecule has 1 rings (SSSR count). The highest BCUT2D eigenvalue weighted by molar-refractivity contribution is 6.31. The Kier molecular flexibility index (Phi) is 1.88. The summed E-state index contributed by atoms with van der Waals surface area (Å²) in [5, 5.41) is 7.24. The van der Waals surface area contributed by atoms with Gasteiger partial charge in [0.15, 0.2) is 11.0 Å². The normalized spacial score (nSPS) is 9.40. The highest BCUT2D eigenvalue weighted by Gasteiger charge is 1.98. The predicted octanol–water partition coefficient (Wildman–Crippen LogP) is -0.00220. The number of nitrogens with zero attached hydrogens (tertiary/aromatic N) is 2. The minimum absolute atomic E-state index is 0.180. The number of nitrogens with two attached hydrogens (primary N) is 2. The van der Waals surface area contributed by atoms with Crippen molar-refractivity contribution < 1.29 is 0 Å². The number of rotatable bonds is 1. The third-order valence-corrected chi connectivity index (χ3v) is 1.22. The molecule has 0 atom stereocenters. The molecule has 1 heterocycles. The average Bonchev–Trinajstić information content (AvgIpc) is 1.95. The predicted molar refractivity (Wildman–Crippen MR) is 39.3 cm³/mol. The maximum Gasteiger partial charge on any atom is 0.174 e. The molecule has 54 valence electrons. The highest BCUT2D eigenvalue weighted by atomic mass is 35.5. The Hall–Kier alpha value is -1.07. The van der Waals surface area contributed by atoms with E-state index in [1.54, 1.807) is 0 Å². The van der Waals surface area contributed by atoms with Gasteiger partial charge in [-0.15, -0.1) is 10.2 Å². The monoisotopic (exact) mass is 159 g/mol. The van der Waals surface area contributed by atoms with Gasteiger partial charge in [-0.2, -0.15) is 0 Å². The van der Waals surface area contributed by atoms with Crippen LogP contribution in [0.1, 0.15) is 0 Å². The van der Waals surface area contributed by atoms with E-state index in [1.807, 2.05) is 0 Å². The zero-order valence-electron chi connectivity index (χ0n) is 5.00. The fourth-order valence-electron chi connectivity index (χ4n) is 0.462. The fourth-order valence-corrected chi connectivity index (χ4v) is 0.554. The van der Waals surface area contributed by atoms with E-state index in [0.29, 0.717) is 11.5 Å².